The van der Waals surface area contributed by atoms with E-state index in [9.17, 15) is 14.4 Å². The summed E-state index contributed by atoms with van der Waals surface area (Å²) in [4.78, 5) is 40.6. The van der Waals surface area contributed by atoms with Crippen LogP contribution in [0.4, 0.5) is 11.4 Å². The summed E-state index contributed by atoms with van der Waals surface area (Å²) in [5.41, 5.74) is 2.36. The zero-order valence-corrected chi connectivity index (χ0v) is 19.6. The third kappa shape index (κ3) is 2.78. The molecule has 2 bridgehead atoms. The van der Waals surface area contributed by atoms with E-state index in [4.69, 9.17) is 11.6 Å². The summed E-state index contributed by atoms with van der Waals surface area (Å²) in [7, 11) is 0. The third-order valence-electron chi connectivity index (χ3n) is 7.64. The molecule has 1 heterocycles. The van der Waals surface area contributed by atoms with E-state index in [0.29, 0.717) is 33.8 Å². The first-order valence-corrected chi connectivity index (χ1v) is 12.0. The lowest BCUT2D eigenvalue weighted by Gasteiger charge is -2.37. The minimum atomic E-state index is -0.284. The fraction of sp³-hybridized carbons (Fsp3) is 0.320. The second-order valence-electron chi connectivity index (χ2n) is 9.20. The van der Waals surface area contributed by atoms with Gasteiger partial charge in [0.15, 0.2) is 0 Å². The monoisotopic (exact) mass is 510 g/mol. The molecule has 5 nitrogen and oxygen atoms in total. The predicted octanol–water partition coefficient (Wildman–Crippen LogP) is 5.22. The van der Waals surface area contributed by atoms with Crippen molar-refractivity contribution in [2.45, 2.75) is 13.3 Å². The van der Waals surface area contributed by atoms with Gasteiger partial charge in [0, 0.05) is 15.7 Å². The molecule has 0 aromatic heterocycles. The maximum Gasteiger partial charge on any atom is 0.255 e. The predicted molar refractivity (Wildman–Crippen MR) is 125 cm³/mol. The molecule has 0 radical (unpaired) electrons. The summed E-state index contributed by atoms with van der Waals surface area (Å²) in [6.45, 7) is 1.84. The number of halogens is 2. The number of anilines is 2. The van der Waals surface area contributed by atoms with Crippen LogP contribution in [-0.2, 0) is 9.59 Å². The molecule has 7 rings (SSSR count). The minimum absolute atomic E-state index is 0.0953. The molecule has 3 fully saturated rings. The van der Waals surface area contributed by atoms with Crippen LogP contribution >= 0.6 is 27.5 Å². The van der Waals surface area contributed by atoms with Gasteiger partial charge in [0.2, 0.25) is 11.8 Å². The van der Waals surface area contributed by atoms with Gasteiger partial charge in [-0.15, -0.1) is 0 Å². The molecule has 2 aromatic rings. The van der Waals surface area contributed by atoms with E-state index in [1.807, 2.05) is 6.92 Å². The van der Waals surface area contributed by atoms with Crippen LogP contribution in [0.25, 0.3) is 0 Å². The molecule has 1 saturated heterocycles. The summed E-state index contributed by atoms with van der Waals surface area (Å²) in [5.74, 6) is 0.611. The molecule has 6 atom stereocenters. The van der Waals surface area contributed by atoms with Gasteiger partial charge in [-0.05, 0) is 94.9 Å². The van der Waals surface area contributed by atoms with Crippen molar-refractivity contribution >= 4 is 56.6 Å². The molecular weight excluding hydrogens is 492 g/mol. The number of nitrogens with one attached hydrogen (secondary N) is 1. The van der Waals surface area contributed by atoms with Gasteiger partial charge >= 0.3 is 0 Å². The third-order valence-corrected chi connectivity index (χ3v) is 9.01. The number of benzene rings is 2. The Morgan fingerprint density at radius 2 is 1.59 bits per heavy atom. The van der Waals surface area contributed by atoms with Crippen molar-refractivity contribution in [2.24, 2.45) is 35.5 Å². The number of hydrogen-bond acceptors (Lipinski definition) is 3. The van der Waals surface area contributed by atoms with Crippen molar-refractivity contribution in [2.75, 3.05) is 10.2 Å². The Morgan fingerprint density at radius 3 is 2.19 bits per heavy atom. The van der Waals surface area contributed by atoms with E-state index in [0.717, 1.165) is 16.5 Å². The van der Waals surface area contributed by atoms with Crippen LogP contribution in [0.1, 0.15) is 22.3 Å². The van der Waals surface area contributed by atoms with E-state index in [-0.39, 0.29) is 41.4 Å². The van der Waals surface area contributed by atoms with Crippen LogP contribution in [0, 0.1) is 42.4 Å². The number of amides is 3. The average molecular weight is 512 g/mol. The van der Waals surface area contributed by atoms with Gasteiger partial charge in [-0.1, -0.05) is 23.8 Å². The maximum absolute atomic E-state index is 13.2. The SMILES string of the molecule is Cc1c(NC(=O)c2ccc(N3C(=O)[C@H]4[C@@H]5C=C[C@@H]([C@H]6C[C@H]56)[C@@H]4C3=O)cc2)ccc(Br)c1Cl. The van der Waals surface area contributed by atoms with Gasteiger partial charge in [-0.25, -0.2) is 0 Å². The van der Waals surface area contributed by atoms with Crippen molar-refractivity contribution < 1.29 is 14.4 Å². The fourth-order valence-corrected chi connectivity index (χ4v) is 6.55. The van der Waals surface area contributed by atoms with E-state index in [1.165, 1.54) is 4.90 Å². The molecule has 3 amide bonds. The van der Waals surface area contributed by atoms with Crippen LogP contribution < -0.4 is 10.2 Å². The first kappa shape index (κ1) is 20.2. The molecule has 0 spiro atoms. The smallest absolute Gasteiger partial charge is 0.255 e. The second-order valence-corrected chi connectivity index (χ2v) is 10.4. The van der Waals surface area contributed by atoms with E-state index < -0.39 is 0 Å². The molecule has 4 aliphatic carbocycles. The highest BCUT2D eigenvalue weighted by Gasteiger charge is 2.67. The highest BCUT2D eigenvalue weighted by molar-refractivity contribution is 9.10. The Labute approximate surface area is 198 Å². The van der Waals surface area contributed by atoms with Gasteiger partial charge in [0.05, 0.1) is 22.5 Å². The molecule has 2 aromatic carbocycles. The number of carbonyl (C=O) groups excluding carboxylic acids is 3. The van der Waals surface area contributed by atoms with Gasteiger partial charge in [0.1, 0.15) is 0 Å². The van der Waals surface area contributed by atoms with Gasteiger partial charge in [0.25, 0.3) is 5.91 Å². The summed E-state index contributed by atoms with van der Waals surface area (Å²) in [6.07, 6.45) is 5.47. The van der Waals surface area contributed by atoms with Gasteiger partial charge in [-0.2, -0.15) is 0 Å². The Balaban J connectivity index is 1.23. The molecule has 1 aliphatic heterocycles. The standard InChI is InChI=1S/C25H20BrClN2O3/c1-11-19(9-8-18(26)22(11)27)28-23(30)12-2-4-13(5-3-12)29-24(31)20-14-6-7-15(17-10-16(14)17)21(20)25(29)32/h2-9,14-17,20-21H,10H2,1H3,(H,28,30)/t14-,15+,16-,17-,20+,21+/m1/s1. The normalized spacial score (nSPS) is 31.5. The first-order chi connectivity index (χ1) is 15.4. The Morgan fingerprint density at radius 1 is 1.00 bits per heavy atom. The van der Waals surface area contributed by atoms with Gasteiger partial charge in [-0.3, -0.25) is 19.3 Å². The van der Waals surface area contributed by atoms with Crippen molar-refractivity contribution in [1.82, 2.24) is 0 Å². The minimum Gasteiger partial charge on any atom is -0.322 e. The fourth-order valence-electron chi connectivity index (χ4n) is 5.96. The van der Waals surface area contributed by atoms with Crippen LogP contribution in [0.2, 0.25) is 5.02 Å². The highest BCUT2D eigenvalue weighted by Crippen LogP contribution is 2.65. The molecular formula is C25H20BrClN2O3. The second kappa shape index (κ2) is 7.03. The van der Waals surface area contributed by atoms with E-state index >= 15 is 0 Å². The average Bonchev–Trinajstić information content (AvgIpc) is 3.58. The Kier molecular flexibility index (Phi) is 4.43. The summed E-state index contributed by atoms with van der Waals surface area (Å²) >= 11 is 9.62. The van der Waals surface area contributed by atoms with E-state index in [2.05, 4.69) is 33.4 Å². The molecule has 0 unspecified atom stereocenters. The summed E-state index contributed by atoms with van der Waals surface area (Å²) in [6, 6.07) is 10.2. The lowest BCUT2D eigenvalue weighted by atomic mass is 9.63. The van der Waals surface area contributed by atoms with E-state index in [1.54, 1.807) is 36.4 Å². The molecule has 162 valence electrons. The zero-order valence-electron chi connectivity index (χ0n) is 17.2. The molecule has 5 aliphatic rings. The number of carbonyl (C=O) groups is 3. The number of hydrogen-bond donors (Lipinski definition) is 1. The van der Waals surface area contributed by atoms with Crippen LogP contribution in [0.5, 0.6) is 0 Å². The topological polar surface area (TPSA) is 66.5 Å². The highest BCUT2D eigenvalue weighted by atomic mass is 79.9. The number of nitrogens with zero attached hydrogens (tertiary/aromatic N) is 1. The zero-order chi connectivity index (χ0) is 22.3. The Bertz CT molecular complexity index is 1190. The summed E-state index contributed by atoms with van der Waals surface area (Å²) in [5, 5.41) is 3.42. The molecule has 7 heteroatoms. The van der Waals surface area contributed by atoms with Crippen molar-refractivity contribution in [3.05, 3.63) is 69.2 Å². The van der Waals surface area contributed by atoms with Crippen LogP contribution in [0.3, 0.4) is 0 Å². The lowest BCUT2D eigenvalue weighted by molar-refractivity contribution is -0.124. The van der Waals surface area contributed by atoms with Crippen LogP contribution in [-0.4, -0.2) is 17.7 Å². The quantitative estimate of drug-likeness (QED) is 0.454. The lowest BCUT2D eigenvalue weighted by Crippen LogP contribution is -2.40. The number of rotatable bonds is 3. The first-order valence-electron chi connectivity index (χ1n) is 10.8. The molecule has 2 saturated carbocycles. The number of imide groups is 1. The van der Waals surface area contributed by atoms with Gasteiger partial charge < -0.3 is 5.32 Å². The summed E-state index contributed by atoms with van der Waals surface area (Å²) < 4.78 is 0.764. The van der Waals surface area contributed by atoms with Crippen LogP contribution in [0.15, 0.2) is 53.0 Å². The van der Waals surface area contributed by atoms with Crippen molar-refractivity contribution in [3.8, 4) is 0 Å². The molecule has 1 N–H and O–H groups in total. The van der Waals surface area contributed by atoms with Crippen molar-refractivity contribution in [1.29, 1.82) is 0 Å². The maximum atomic E-state index is 13.2. The molecule has 32 heavy (non-hydrogen) atoms. The van der Waals surface area contributed by atoms with Crippen molar-refractivity contribution in [3.63, 3.8) is 0 Å². The Hall–Kier alpha value is -2.44. The largest absolute Gasteiger partial charge is 0.322 e. The number of allylic oxidation sites excluding steroid dienone is 2.